The highest BCUT2D eigenvalue weighted by Gasteiger charge is 2.12. The van der Waals surface area contributed by atoms with Crippen molar-refractivity contribution in [2.24, 2.45) is 12.8 Å². The molecule has 0 aliphatic carbocycles. The van der Waals surface area contributed by atoms with Gasteiger partial charge < -0.3 is 10.7 Å². The average Bonchev–Trinajstić information content (AvgIpc) is 2.80. The van der Waals surface area contributed by atoms with E-state index < -0.39 is 0 Å². The van der Waals surface area contributed by atoms with E-state index in [9.17, 15) is 4.79 Å². The van der Waals surface area contributed by atoms with Crippen molar-refractivity contribution in [3.63, 3.8) is 0 Å². The number of aromatic amines is 1. The summed E-state index contributed by atoms with van der Waals surface area (Å²) >= 11 is 0. The summed E-state index contributed by atoms with van der Waals surface area (Å²) in [5, 5.41) is 1.67. The molecule has 0 saturated carbocycles. The molecule has 3 N–H and O–H groups in total. The molecule has 0 fully saturated rings. The van der Waals surface area contributed by atoms with Gasteiger partial charge in [0.05, 0.1) is 10.9 Å². The van der Waals surface area contributed by atoms with Crippen LogP contribution in [0.5, 0.6) is 0 Å². The Morgan fingerprint density at radius 2 is 2.21 bits per heavy atom. The van der Waals surface area contributed by atoms with Gasteiger partial charge in [0, 0.05) is 24.1 Å². The molecule has 5 heteroatoms. The van der Waals surface area contributed by atoms with Gasteiger partial charge in [-0.25, -0.2) is 4.98 Å². The largest absolute Gasteiger partial charge is 0.361 e. The number of aryl methyl sites for hydroxylation is 1. The molecule has 5 nitrogen and oxygen atoms in total. The monoisotopic (exact) mass is 256 g/mol. The molecule has 0 aliphatic heterocycles. The van der Waals surface area contributed by atoms with E-state index in [0.29, 0.717) is 17.8 Å². The molecule has 0 saturated heterocycles. The lowest BCUT2D eigenvalue weighted by Gasteiger charge is -2.07. The molecule has 0 aliphatic rings. The van der Waals surface area contributed by atoms with Gasteiger partial charge in [-0.15, -0.1) is 0 Å². The lowest BCUT2D eigenvalue weighted by Crippen LogP contribution is -2.20. The van der Waals surface area contributed by atoms with Crippen molar-refractivity contribution in [2.45, 2.75) is 13.3 Å². The van der Waals surface area contributed by atoms with Gasteiger partial charge in [0.1, 0.15) is 5.82 Å². The van der Waals surface area contributed by atoms with Crippen molar-refractivity contribution in [3.8, 4) is 0 Å². The van der Waals surface area contributed by atoms with Gasteiger partial charge in [-0.1, -0.05) is 0 Å². The van der Waals surface area contributed by atoms with Crippen molar-refractivity contribution >= 4 is 21.8 Å². The Balaban J connectivity index is 2.51. The maximum absolute atomic E-state index is 12.3. The molecule has 0 radical (unpaired) electrons. The van der Waals surface area contributed by atoms with Crippen LogP contribution in [0.3, 0.4) is 0 Å². The van der Waals surface area contributed by atoms with Crippen molar-refractivity contribution in [2.75, 3.05) is 6.54 Å². The lowest BCUT2D eigenvalue weighted by atomic mass is 10.1. The Kier molecular flexibility index (Phi) is 2.64. The zero-order chi connectivity index (χ0) is 13.6. The number of aromatic nitrogens is 3. The van der Waals surface area contributed by atoms with Crippen LogP contribution >= 0.6 is 0 Å². The number of rotatable bonds is 2. The van der Waals surface area contributed by atoms with Crippen LogP contribution in [0.4, 0.5) is 0 Å². The van der Waals surface area contributed by atoms with E-state index in [1.54, 1.807) is 11.6 Å². The molecule has 0 spiro atoms. The Labute approximate surface area is 110 Å². The topological polar surface area (TPSA) is 76.7 Å². The number of fused-ring (bicyclic) bond motifs is 3. The molecule has 0 amide bonds. The molecule has 98 valence electrons. The normalized spacial score (nSPS) is 11.5. The van der Waals surface area contributed by atoms with Crippen molar-refractivity contribution < 1.29 is 0 Å². The van der Waals surface area contributed by atoms with Crippen LogP contribution < -0.4 is 11.3 Å². The van der Waals surface area contributed by atoms with Crippen molar-refractivity contribution in [1.29, 1.82) is 0 Å². The predicted octanol–water partition coefficient (Wildman–Crippen LogP) is 1.22. The molecular weight excluding hydrogens is 240 g/mol. The second-order valence-electron chi connectivity index (χ2n) is 4.76. The lowest BCUT2D eigenvalue weighted by molar-refractivity contribution is 0.793. The zero-order valence-electron chi connectivity index (χ0n) is 11.0. The Hall–Kier alpha value is -2.14. The molecule has 1 aromatic carbocycles. The van der Waals surface area contributed by atoms with Crippen LogP contribution in [0, 0.1) is 6.92 Å². The Bertz CT molecular complexity index is 829. The third kappa shape index (κ3) is 1.66. The molecule has 0 atom stereocenters. The standard InChI is InChI=1S/C14H16N4O/c1-8-17-13-10(14(19)18(8)2)3-4-11-12(13)9(5-6-15)7-16-11/h3-4,7,16H,5-6,15H2,1-2H3. The van der Waals surface area contributed by atoms with Gasteiger partial charge in [0.15, 0.2) is 0 Å². The predicted molar refractivity (Wildman–Crippen MR) is 76.3 cm³/mol. The van der Waals surface area contributed by atoms with Crippen molar-refractivity contribution in [1.82, 2.24) is 14.5 Å². The molecule has 0 unspecified atom stereocenters. The summed E-state index contributed by atoms with van der Waals surface area (Å²) in [7, 11) is 1.74. The summed E-state index contributed by atoms with van der Waals surface area (Å²) in [6.07, 6.45) is 2.72. The highest BCUT2D eigenvalue weighted by Crippen LogP contribution is 2.25. The van der Waals surface area contributed by atoms with E-state index in [1.165, 1.54) is 0 Å². The molecular formula is C14H16N4O. The quantitative estimate of drug-likeness (QED) is 0.724. The van der Waals surface area contributed by atoms with Crippen LogP contribution in [0.25, 0.3) is 21.8 Å². The maximum Gasteiger partial charge on any atom is 0.261 e. The summed E-state index contributed by atoms with van der Waals surface area (Å²) in [4.78, 5) is 20.1. The second-order valence-corrected chi connectivity index (χ2v) is 4.76. The number of benzene rings is 1. The minimum Gasteiger partial charge on any atom is -0.361 e. The fourth-order valence-corrected chi connectivity index (χ4v) is 2.48. The van der Waals surface area contributed by atoms with E-state index in [4.69, 9.17) is 5.73 Å². The molecule has 2 heterocycles. The molecule has 2 aromatic heterocycles. The number of H-pyrrole nitrogens is 1. The first kappa shape index (κ1) is 11.9. The van der Waals surface area contributed by atoms with Gasteiger partial charge in [-0.05, 0) is 37.6 Å². The third-order valence-electron chi connectivity index (χ3n) is 3.61. The minimum atomic E-state index is -0.00991. The number of hydrogen-bond acceptors (Lipinski definition) is 3. The summed E-state index contributed by atoms with van der Waals surface area (Å²) < 4.78 is 1.57. The van der Waals surface area contributed by atoms with Crippen LogP contribution in [0.15, 0.2) is 23.1 Å². The van der Waals surface area contributed by atoms with E-state index in [1.807, 2.05) is 25.3 Å². The van der Waals surface area contributed by atoms with E-state index in [0.717, 1.165) is 28.4 Å². The average molecular weight is 256 g/mol. The van der Waals surface area contributed by atoms with Crippen LogP contribution in [0.2, 0.25) is 0 Å². The highest BCUT2D eigenvalue weighted by atomic mass is 16.1. The summed E-state index contributed by atoms with van der Waals surface area (Å²) in [6.45, 7) is 2.42. The first-order chi connectivity index (χ1) is 9.13. The maximum atomic E-state index is 12.3. The summed E-state index contributed by atoms with van der Waals surface area (Å²) in [5.74, 6) is 0.713. The number of nitrogens with one attached hydrogen (secondary N) is 1. The number of nitrogens with zero attached hydrogens (tertiary/aromatic N) is 2. The van der Waals surface area contributed by atoms with Crippen molar-refractivity contribution in [3.05, 3.63) is 40.1 Å². The number of nitrogens with two attached hydrogens (primary N) is 1. The Morgan fingerprint density at radius 1 is 1.42 bits per heavy atom. The SMILES string of the molecule is Cc1nc2c(ccc3[nH]cc(CCN)c32)c(=O)n1C. The number of hydrogen-bond donors (Lipinski definition) is 2. The van der Waals surface area contributed by atoms with E-state index in [-0.39, 0.29) is 5.56 Å². The molecule has 0 bridgehead atoms. The van der Waals surface area contributed by atoms with Crippen LogP contribution in [-0.2, 0) is 13.5 Å². The van der Waals surface area contributed by atoms with Crippen LogP contribution in [-0.4, -0.2) is 21.1 Å². The first-order valence-corrected chi connectivity index (χ1v) is 6.30. The van der Waals surface area contributed by atoms with Gasteiger partial charge >= 0.3 is 0 Å². The first-order valence-electron chi connectivity index (χ1n) is 6.30. The molecule has 19 heavy (non-hydrogen) atoms. The van der Waals surface area contributed by atoms with Gasteiger partial charge in [0.25, 0.3) is 5.56 Å². The fraction of sp³-hybridized carbons (Fsp3) is 0.286. The zero-order valence-corrected chi connectivity index (χ0v) is 11.0. The second kappa shape index (κ2) is 4.20. The van der Waals surface area contributed by atoms with Gasteiger partial charge in [0.2, 0.25) is 0 Å². The smallest absolute Gasteiger partial charge is 0.261 e. The van der Waals surface area contributed by atoms with Gasteiger partial charge in [-0.2, -0.15) is 0 Å². The van der Waals surface area contributed by atoms with E-state index in [2.05, 4.69) is 9.97 Å². The fourth-order valence-electron chi connectivity index (χ4n) is 2.48. The highest BCUT2D eigenvalue weighted by molar-refractivity contribution is 6.05. The minimum absolute atomic E-state index is 0.00991. The molecule has 3 aromatic rings. The van der Waals surface area contributed by atoms with Crippen LogP contribution in [0.1, 0.15) is 11.4 Å². The van der Waals surface area contributed by atoms with E-state index >= 15 is 0 Å². The van der Waals surface area contributed by atoms with Gasteiger partial charge in [-0.3, -0.25) is 9.36 Å². The Morgan fingerprint density at radius 3 is 2.95 bits per heavy atom. The summed E-state index contributed by atoms with van der Waals surface area (Å²) in [6, 6.07) is 3.76. The molecule has 3 rings (SSSR count). The third-order valence-corrected chi connectivity index (χ3v) is 3.61. The summed E-state index contributed by atoms with van der Waals surface area (Å²) in [5.41, 5.74) is 8.51.